The summed E-state index contributed by atoms with van der Waals surface area (Å²) in [6.45, 7) is 12.1. The van der Waals surface area contributed by atoms with E-state index in [0.717, 1.165) is 40.0 Å². The highest BCUT2D eigenvalue weighted by atomic mass is 16.6. The Kier molecular flexibility index (Phi) is 11.5. The molecule has 0 fully saturated rings. The molecule has 0 aliphatic carbocycles. The summed E-state index contributed by atoms with van der Waals surface area (Å²) in [5.41, 5.74) is 5.76. The third-order valence-electron chi connectivity index (χ3n) is 6.24. The summed E-state index contributed by atoms with van der Waals surface area (Å²) >= 11 is 0. The van der Waals surface area contributed by atoms with Crippen LogP contribution in [0.25, 0.3) is 22.3 Å². The van der Waals surface area contributed by atoms with Crippen molar-refractivity contribution in [2.75, 3.05) is 33.5 Å². The van der Waals surface area contributed by atoms with E-state index in [4.69, 9.17) is 23.7 Å². The molecule has 0 aliphatic rings. The lowest BCUT2D eigenvalue weighted by Crippen LogP contribution is -2.15. The van der Waals surface area contributed by atoms with Gasteiger partial charge in [-0.05, 0) is 72.9 Å². The van der Waals surface area contributed by atoms with Crippen LogP contribution in [0.2, 0.25) is 0 Å². The van der Waals surface area contributed by atoms with E-state index in [2.05, 4.69) is 32.2 Å². The zero-order valence-corrected chi connectivity index (χ0v) is 24.5. The van der Waals surface area contributed by atoms with Crippen LogP contribution in [0, 0.1) is 0 Å². The molecule has 0 aromatic heterocycles. The third-order valence-corrected chi connectivity index (χ3v) is 6.24. The first kappa shape index (κ1) is 31.7. The van der Waals surface area contributed by atoms with E-state index in [9.17, 15) is 14.4 Å². The third kappa shape index (κ3) is 8.57. The second-order valence-corrected chi connectivity index (χ2v) is 9.48. The molecule has 0 radical (unpaired) electrons. The number of methoxy groups -OCH3 is 1. The fourth-order valence-corrected chi connectivity index (χ4v) is 4.00. The minimum Gasteiger partial charge on any atom is -0.497 e. The van der Waals surface area contributed by atoms with Crippen LogP contribution >= 0.6 is 0 Å². The normalized spacial score (nSPS) is 10.4. The molecule has 0 atom stereocenters. The van der Waals surface area contributed by atoms with Crippen LogP contribution in [-0.2, 0) is 30.2 Å². The second-order valence-electron chi connectivity index (χ2n) is 9.48. The molecule has 42 heavy (non-hydrogen) atoms. The Labute approximate surface area is 246 Å². The van der Waals surface area contributed by atoms with Gasteiger partial charge >= 0.3 is 17.9 Å². The molecule has 0 saturated heterocycles. The summed E-state index contributed by atoms with van der Waals surface area (Å²) in [5, 5.41) is 0. The number of hydrogen-bond acceptors (Lipinski definition) is 8. The first-order valence-corrected chi connectivity index (χ1v) is 13.5. The van der Waals surface area contributed by atoms with Gasteiger partial charge in [0.2, 0.25) is 0 Å². The maximum absolute atomic E-state index is 12.7. The van der Waals surface area contributed by atoms with Crippen LogP contribution in [-0.4, -0.2) is 51.4 Å². The average Bonchev–Trinajstić information content (AvgIpc) is 3.00. The molecular weight excluding hydrogens is 536 g/mol. The Bertz CT molecular complexity index is 1450. The molecule has 0 spiro atoms. The zero-order chi connectivity index (χ0) is 30.6. The van der Waals surface area contributed by atoms with Crippen molar-refractivity contribution in [1.82, 2.24) is 0 Å². The van der Waals surface area contributed by atoms with Crippen molar-refractivity contribution in [1.29, 1.82) is 0 Å². The quantitative estimate of drug-likeness (QED) is 0.0952. The first-order chi connectivity index (χ1) is 20.1. The lowest BCUT2D eigenvalue weighted by molar-refractivity contribution is -0.140. The average molecular weight is 573 g/mol. The van der Waals surface area contributed by atoms with Crippen LogP contribution < -0.4 is 9.47 Å². The van der Waals surface area contributed by atoms with Crippen LogP contribution in [0.4, 0.5) is 0 Å². The van der Waals surface area contributed by atoms with Gasteiger partial charge in [-0.2, -0.15) is 0 Å². The van der Waals surface area contributed by atoms with Gasteiger partial charge in [-0.3, -0.25) is 0 Å². The van der Waals surface area contributed by atoms with Crippen molar-refractivity contribution in [3.63, 3.8) is 0 Å². The Hall–Kier alpha value is -4.85. The van der Waals surface area contributed by atoms with Crippen LogP contribution in [0.15, 0.2) is 85.0 Å². The fourth-order valence-electron chi connectivity index (χ4n) is 4.00. The summed E-state index contributed by atoms with van der Waals surface area (Å²) in [4.78, 5) is 36.0. The number of hydrogen-bond donors (Lipinski definition) is 0. The molecule has 0 N–H and O–H groups in total. The Morgan fingerprint density at radius 2 is 1.26 bits per heavy atom. The standard InChI is InChI=1S/C34H36O8/c1-7-24-20-26(10-14-29(24)25-8-12-28(38-6)13-9-25)30-15-11-27(34(37)42-19-18-41-33(36)23(4)5)21-31(30)39-16-17-40-32(35)22(2)3/h8-15,20-21H,2,4,7,16-19H2,1,3,5-6H3. The summed E-state index contributed by atoms with van der Waals surface area (Å²) in [6, 6.07) is 19.1. The summed E-state index contributed by atoms with van der Waals surface area (Å²) < 4.78 is 26.7. The molecule has 3 aromatic carbocycles. The van der Waals surface area contributed by atoms with Crippen molar-refractivity contribution in [3.8, 4) is 33.8 Å². The van der Waals surface area contributed by atoms with Gasteiger partial charge in [0.1, 0.15) is 37.9 Å². The van der Waals surface area contributed by atoms with Crippen molar-refractivity contribution in [3.05, 3.63) is 96.1 Å². The van der Waals surface area contributed by atoms with Gasteiger partial charge < -0.3 is 23.7 Å². The molecule has 0 unspecified atom stereocenters. The molecule has 8 heteroatoms. The van der Waals surface area contributed by atoms with E-state index in [1.807, 2.05) is 30.3 Å². The lowest BCUT2D eigenvalue weighted by atomic mass is 9.93. The van der Waals surface area contributed by atoms with Crippen LogP contribution in [0.1, 0.15) is 36.7 Å². The largest absolute Gasteiger partial charge is 0.497 e. The smallest absolute Gasteiger partial charge is 0.338 e. The SMILES string of the molecule is C=C(C)C(=O)OCCOC(=O)c1ccc(-c2ccc(-c3ccc(OC)cc3)c(CC)c2)c(OCCOC(=O)C(=C)C)c1. The Morgan fingerprint density at radius 1 is 0.690 bits per heavy atom. The molecule has 8 nitrogen and oxygen atoms in total. The molecule has 3 rings (SSSR count). The van der Waals surface area contributed by atoms with Crippen molar-refractivity contribution >= 4 is 17.9 Å². The number of esters is 3. The van der Waals surface area contributed by atoms with E-state index in [0.29, 0.717) is 11.3 Å². The van der Waals surface area contributed by atoms with Gasteiger partial charge in [-0.25, -0.2) is 14.4 Å². The van der Waals surface area contributed by atoms with Gasteiger partial charge in [-0.1, -0.05) is 50.4 Å². The monoisotopic (exact) mass is 572 g/mol. The fraction of sp³-hybridized carbons (Fsp3) is 0.265. The van der Waals surface area contributed by atoms with Crippen molar-refractivity contribution in [2.45, 2.75) is 27.2 Å². The molecular formula is C34H36O8. The van der Waals surface area contributed by atoms with Gasteiger partial charge in [0.15, 0.2) is 0 Å². The predicted octanol–water partition coefficient (Wildman–Crippen LogP) is 6.37. The number of ether oxygens (including phenoxy) is 5. The van der Waals surface area contributed by atoms with E-state index in [-0.39, 0.29) is 37.6 Å². The maximum Gasteiger partial charge on any atom is 0.338 e. The van der Waals surface area contributed by atoms with Crippen LogP contribution in [0.5, 0.6) is 11.5 Å². The van der Waals surface area contributed by atoms with Crippen molar-refractivity contribution < 1.29 is 38.1 Å². The number of carbonyl (C=O) groups excluding carboxylic acids is 3. The first-order valence-electron chi connectivity index (χ1n) is 13.5. The topological polar surface area (TPSA) is 97.4 Å². The molecule has 3 aromatic rings. The Morgan fingerprint density at radius 3 is 1.86 bits per heavy atom. The summed E-state index contributed by atoms with van der Waals surface area (Å²) in [6.07, 6.45) is 0.794. The number of benzene rings is 3. The maximum atomic E-state index is 12.7. The van der Waals surface area contributed by atoms with Gasteiger partial charge in [0, 0.05) is 16.7 Å². The summed E-state index contributed by atoms with van der Waals surface area (Å²) in [7, 11) is 1.64. The molecule has 0 aliphatic heterocycles. The number of carbonyl (C=O) groups is 3. The predicted molar refractivity (Wildman–Crippen MR) is 161 cm³/mol. The lowest BCUT2D eigenvalue weighted by Gasteiger charge is -2.16. The highest BCUT2D eigenvalue weighted by molar-refractivity contribution is 5.91. The summed E-state index contributed by atoms with van der Waals surface area (Å²) in [5.74, 6) is -0.455. The van der Waals surface area contributed by atoms with E-state index < -0.39 is 17.9 Å². The van der Waals surface area contributed by atoms with Gasteiger partial charge in [-0.15, -0.1) is 0 Å². The minimum atomic E-state index is -0.601. The Balaban J connectivity index is 1.86. The molecule has 0 bridgehead atoms. The second kappa shape index (κ2) is 15.2. The van der Waals surface area contributed by atoms with Crippen molar-refractivity contribution in [2.24, 2.45) is 0 Å². The molecule has 0 saturated carbocycles. The zero-order valence-electron chi connectivity index (χ0n) is 24.5. The molecule has 220 valence electrons. The molecule has 0 heterocycles. The number of rotatable bonds is 14. The number of aryl methyl sites for hydroxylation is 1. The van der Waals surface area contributed by atoms with E-state index >= 15 is 0 Å². The highest BCUT2D eigenvalue weighted by Crippen LogP contribution is 2.35. The van der Waals surface area contributed by atoms with Crippen LogP contribution in [0.3, 0.4) is 0 Å². The van der Waals surface area contributed by atoms with E-state index in [1.165, 1.54) is 6.92 Å². The highest BCUT2D eigenvalue weighted by Gasteiger charge is 2.16. The minimum absolute atomic E-state index is 0.00448. The van der Waals surface area contributed by atoms with Gasteiger partial charge in [0.25, 0.3) is 0 Å². The van der Waals surface area contributed by atoms with E-state index in [1.54, 1.807) is 32.2 Å². The molecule has 0 amide bonds. The van der Waals surface area contributed by atoms with Gasteiger partial charge in [0.05, 0.1) is 12.7 Å².